The van der Waals surface area contributed by atoms with Crippen molar-refractivity contribution in [3.8, 4) is 0 Å². The number of fused-ring (bicyclic) bond motifs is 2. The molecule has 5 aromatic rings. The summed E-state index contributed by atoms with van der Waals surface area (Å²) in [6.45, 7) is 2.70. The Balaban J connectivity index is 1.59. The Morgan fingerprint density at radius 2 is 1.77 bits per heavy atom. The van der Waals surface area contributed by atoms with E-state index in [2.05, 4.69) is 5.16 Å². The maximum Gasteiger partial charge on any atom is 0.329 e. The molecule has 2 aromatic carbocycles. The van der Waals surface area contributed by atoms with Crippen molar-refractivity contribution in [2.75, 3.05) is 11.9 Å². The summed E-state index contributed by atoms with van der Waals surface area (Å²) in [5.74, 6) is 2.12. The van der Waals surface area contributed by atoms with Crippen LogP contribution >= 0.6 is 0 Å². The third-order valence-electron chi connectivity index (χ3n) is 5.41. The highest BCUT2D eigenvalue weighted by molar-refractivity contribution is 5.89. The molecule has 0 atom stereocenters. The minimum atomic E-state index is -0.0926. The van der Waals surface area contributed by atoms with Gasteiger partial charge < -0.3 is 9.42 Å². The Morgan fingerprint density at radius 3 is 2.55 bits per heavy atom. The van der Waals surface area contributed by atoms with Gasteiger partial charge in [0.2, 0.25) is 0 Å². The molecule has 8 nitrogen and oxygen atoms in total. The smallest absolute Gasteiger partial charge is 0.329 e. The molecule has 0 saturated carbocycles. The van der Waals surface area contributed by atoms with Crippen LogP contribution in [-0.2, 0) is 20.1 Å². The first-order valence-corrected chi connectivity index (χ1v) is 10.0. The summed E-state index contributed by atoms with van der Waals surface area (Å²) in [6.07, 6.45) is 0. The van der Waals surface area contributed by atoms with Gasteiger partial charge in [-0.15, -0.1) is 0 Å². The summed E-state index contributed by atoms with van der Waals surface area (Å²) in [5.41, 5.74) is 3.32. The van der Waals surface area contributed by atoms with Crippen molar-refractivity contribution >= 4 is 27.8 Å². The monoisotopic (exact) mass is 414 g/mol. The number of nitrogens with zero attached hydrogens (tertiary/aromatic N) is 6. The molecular formula is C23H22N6O2. The van der Waals surface area contributed by atoms with Crippen LogP contribution < -0.4 is 10.6 Å². The zero-order valence-corrected chi connectivity index (χ0v) is 17.6. The second kappa shape index (κ2) is 7.39. The molecule has 0 aliphatic heterocycles. The number of imidazole rings is 1. The lowest BCUT2D eigenvalue weighted by molar-refractivity contribution is 0.379. The summed E-state index contributed by atoms with van der Waals surface area (Å²) in [6, 6.07) is 17.5. The van der Waals surface area contributed by atoms with Crippen LogP contribution in [0.2, 0.25) is 0 Å². The maximum absolute atomic E-state index is 12.9. The first-order valence-electron chi connectivity index (χ1n) is 10.0. The topological polar surface area (TPSA) is 82.0 Å². The van der Waals surface area contributed by atoms with Gasteiger partial charge in [0.15, 0.2) is 11.6 Å². The summed E-state index contributed by atoms with van der Waals surface area (Å²) >= 11 is 0. The molecule has 5 rings (SSSR count). The SMILES string of the molecule is Cc1cc(CN(C)c2nc(Cn3c(=O)n(C)c4ccccc43)nc3ccccc23)on1. The minimum absolute atomic E-state index is 0.0926. The average Bonchev–Trinajstić information content (AvgIpc) is 3.29. The van der Waals surface area contributed by atoms with Crippen molar-refractivity contribution in [1.29, 1.82) is 0 Å². The fourth-order valence-corrected chi connectivity index (χ4v) is 3.93. The molecule has 8 heteroatoms. The van der Waals surface area contributed by atoms with E-state index in [1.165, 1.54) is 0 Å². The van der Waals surface area contributed by atoms with Crippen molar-refractivity contribution in [1.82, 2.24) is 24.3 Å². The highest BCUT2D eigenvalue weighted by Gasteiger charge is 2.16. The van der Waals surface area contributed by atoms with E-state index in [0.29, 0.717) is 12.4 Å². The number of anilines is 1. The van der Waals surface area contributed by atoms with Gasteiger partial charge in [-0.25, -0.2) is 14.8 Å². The lowest BCUT2D eigenvalue weighted by atomic mass is 10.2. The van der Waals surface area contributed by atoms with E-state index in [4.69, 9.17) is 14.5 Å². The summed E-state index contributed by atoms with van der Waals surface area (Å²) in [7, 11) is 3.74. The molecule has 0 radical (unpaired) electrons. The molecule has 0 aliphatic carbocycles. The molecule has 0 spiro atoms. The van der Waals surface area contributed by atoms with Crippen molar-refractivity contribution in [2.24, 2.45) is 7.05 Å². The van der Waals surface area contributed by atoms with E-state index in [-0.39, 0.29) is 12.2 Å². The van der Waals surface area contributed by atoms with Crippen LogP contribution in [-0.4, -0.2) is 31.3 Å². The van der Waals surface area contributed by atoms with E-state index in [9.17, 15) is 4.79 Å². The second-order valence-corrected chi connectivity index (χ2v) is 7.69. The molecule has 3 aromatic heterocycles. The van der Waals surface area contributed by atoms with Crippen molar-refractivity contribution in [3.05, 3.63) is 82.4 Å². The van der Waals surface area contributed by atoms with Gasteiger partial charge in [-0.05, 0) is 31.2 Å². The third kappa shape index (κ3) is 3.35. The van der Waals surface area contributed by atoms with Crippen LogP contribution in [0.25, 0.3) is 21.9 Å². The van der Waals surface area contributed by atoms with E-state index in [1.54, 1.807) is 16.2 Å². The number of para-hydroxylation sites is 3. The molecule has 0 bridgehead atoms. The Kier molecular flexibility index (Phi) is 4.54. The Hall–Kier alpha value is -3.94. The number of rotatable bonds is 5. The van der Waals surface area contributed by atoms with Crippen LogP contribution in [0.3, 0.4) is 0 Å². The highest BCUT2D eigenvalue weighted by Crippen LogP contribution is 2.25. The van der Waals surface area contributed by atoms with Crippen molar-refractivity contribution in [2.45, 2.75) is 20.0 Å². The van der Waals surface area contributed by atoms with Gasteiger partial charge in [-0.2, -0.15) is 0 Å². The Morgan fingerprint density at radius 1 is 1.03 bits per heavy atom. The fraction of sp³-hybridized carbons (Fsp3) is 0.217. The van der Waals surface area contributed by atoms with E-state index in [1.807, 2.05) is 73.5 Å². The normalized spacial score (nSPS) is 11.5. The molecule has 156 valence electrons. The van der Waals surface area contributed by atoms with Gasteiger partial charge in [-0.1, -0.05) is 29.4 Å². The molecule has 31 heavy (non-hydrogen) atoms. The van der Waals surface area contributed by atoms with Crippen molar-refractivity contribution < 1.29 is 4.52 Å². The largest absolute Gasteiger partial charge is 0.359 e. The number of hydrogen-bond acceptors (Lipinski definition) is 6. The highest BCUT2D eigenvalue weighted by atomic mass is 16.5. The van der Waals surface area contributed by atoms with E-state index >= 15 is 0 Å². The van der Waals surface area contributed by atoms with Crippen LogP contribution in [0.4, 0.5) is 5.82 Å². The van der Waals surface area contributed by atoms with Crippen LogP contribution in [0.5, 0.6) is 0 Å². The predicted molar refractivity (Wildman–Crippen MR) is 119 cm³/mol. The van der Waals surface area contributed by atoms with Gasteiger partial charge in [0.05, 0.1) is 35.3 Å². The molecule has 0 saturated heterocycles. The lowest BCUT2D eigenvalue weighted by Crippen LogP contribution is -2.24. The third-order valence-corrected chi connectivity index (χ3v) is 5.41. The van der Waals surface area contributed by atoms with Gasteiger partial charge in [0, 0.05) is 25.5 Å². The first-order chi connectivity index (χ1) is 15.0. The maximum atomic E-state index is 12.9. The molecule has 0 amide bonds. The van der Waals surface area contributed by atoms with Gasteiger partial charge in [0.25, 0.3) is 0 Å². The molecule has 0 fully saturated rings. The predicted octanol–water partition coefficient (Wildman–Crippen LogP) is 3.26. The van der Waals surface area contributed by atoms with E-state index in [0.717, 1.165) is 39.2 Å². The number of hydrogen-bond donors (Lipinski definition) is 0. The molecule has 3 heterocycles. The quantitative estimate of drug-likeness (QED) is 0.439. The van der Waals surface area contributed by atoms with Gasteiger partial charge in [0.1, 0.15) is 5.82 Å². The fourth-order valence-electron chi connectivity index (χ4n) is 3.93. The Bertz CT molecular complexity index is 1460. The first kappa shape index (κ1) is 19.0. The Labute approximate surface area is 178 Å². The molecule has 0 N–H and O–H groups in total. The van der Waals surface area contributed by atoms with Crippen molar-refractivity contribution in [3.63, 3.8) is 0 Å². The number of aryl methyl sites for hydroxylation is 2. The van der Waals surface area contributed by atoms with Crippen LogP contribution in [0.1, 0.15) is 17.3 Å². The molecular weight excluding hydrogens is 392 g/mol. The molecule has 0 aliphatic rings. The zero-order valence-electron chi connectivity index (χ0n) is 17.6. The molecule has 0 unspecified atom stereocenters. The standard InChI is InChI=1S/C23H22N6O2/c1-15-12-16(31-26-15)13-27(2)22-17-8-4-5-9-18(17)24-21(25-22)14-29-20-11-7-6-10-19(20)28(3)23(29)30/h4-12H,13-14H2,1-3H3. The number of benzene rings is 2. The van der Waals surface area contributed by atoms with Crippen LogP contribution in [0, 0.1) is 6.92 Å². The zero-order chi connectivity index (χ0) is 21.5. The van der Waals surface area contributed by atoms with Gasteiger partial charge >= 0.3 is 5.69 Å². The summed E-state index contributed by atoms with van der Waals surface area (Å²) in [5, 5.41) is 4.91. The second-order valence-electron chi connectivity index (χ2n) is 7.69. The average molecular weight is 414 g/mol. The number of aromatic nitrogens is 5. The van der Waals surface area contributed by atoms with Crippen LogP contribution in [0.15, 0.2) is 63.9 Å². The summed E-state index contributed by atoms with van der Waals surface area (Å²) in [4.78, 5) is 24.5. The van der Waals surface area contributed by atoms with E-state index < -0.39 is 0 Å². The van der Waals surface area contributed by atoms with Gasteiger partial charge in [-0.3, -0.25) is 9.13 Å². The summed E-state index contributed by atoms with van der Waals surface area (Å²) < 4.78 is 8.74. The lowest BCUT2D eigenvalue weighted by Gasteiger charge is -2.19. The minimum Gasteiger partial charge on any atom is -0.359 e.